The van der Waals surface area contributed by atoms with Crippen LogP contribution in [0.25, 0.3) is 0 Å². The van der Waals surface area contributed by atoms with Crippen molar-refractivity contribution in [1.82, 2.24) is 0 Å². The van der Waals surface area contributed by atoms with Crippen LogP contribution >= 0.6 is 0 Å². The molecule has 0 spiro atoms. The molecule has 3 heteroatoms. The van der Waals surface area contributed by atoms with Gasteiger partial charge in [0.05, 0.1) is 5.60 Å². The van der Waals surface area contributed by atoms with Crippen molar-refractivity contribution in [3.05, 3.63) is 12.7 Å². The Morgan fingerprint density at radius 3 is 2.31 bits per heavy atom. The highest BCUT2D eigenvalue weighted by molar-refractivity contribution is 5.39. The van der Waals surface area contributed by atoms with Crippen molar-refractivity contribution in [2.24, 2.45) is 0 Å². The summed E-state index contributed by atoms with van der Waals surface area (Å²) in [4.78, 5) is 10.4. The summed E-state index contributed by atoms with van der Waals surface area (Å²) in [5.41, 5.74) is -0.632. The predicted octanol–water partition coefficient (Wildman–Crippen LogP) is 3.09. The van der Waals surface area contributed by atoms with Gasteiger partial charge in [0.15, 0.2) is 0 Å². The van der Waals surface area contributed by atoms with E-state index in [0.717, 1.165) is 25.7 Å². The number of carbonyl (C=O) groups is 1. The molecule has 0 fully saturated rings. The largest absolute Gasteiger partial charge is 0.457 e. The van der Waals surface area contributed by atoms with E-state index in [4.69, 9.17) is 9.47 Å². The molecule has 0 bridgehead atoms. The first-order chi connectivity index (χ1) is 7.45. The van der Waals surface area contributed by atoms with Crippen LogP contribution in [0.15, 0.2) is 12.7 Å². The third-order valence-corrected chi connectivity index (χ3v) is 3.37. The van der Waals surface area contributed by atoms with Crippen LogP contribution in [-0.2, 0) is 14.3 Å². The molecule has 0 aromatic rings. The van der Waals surface area contributed by atoms with Gasteiger partial charge in [-0.1, -0.05) is 13.5 Å². The minimum Gasteiger partial charge on any atom is -0.457 e. The molecular weight excluding hydrogens is 204 g/mol. The van der Waals surface area contributed by atoms with E-state index in [2.05, 4.69) is 20.4 Å². The number of rotatable bonds is 9. The molecular formula is C13H24O3. The topological polar surface area (TPSA) is 35.5 Å². The van der Waals surface area contributed by atoms with Crippen LogP contribution < -0.4 is 0 Å². The van der Waals surface area contributed by atoms with E-state index in [0.29, 0.717) is 6.47 Å². The lowest BCUT2D eigenvalue weighted by Crippen LogP contribution is -2.29. The zero-order valence-electron chi connectivity index (χ0n) is 10.9. The van der Waals surface area contributed by atoms with Crippen molar-refractivity contribution in [1.29, 1.82) is 0 Å². The van der Waals surface area contributed by atoms with Gasteiger partial charge >= 0.3 is 0 Å². The van der Waals surface area contributed by atoms with Crippen LogP contribution in [0.1, 0.15) is 46.5 Å². The van der Waals surface area contributed by atoms with Gasteiger partial charge in [-0.3, -0.25) is 4.79 Å². The second kappa shape index (κ2) is 6.69. The van der Waals surface area contributed by atoms with Crippen molar-refractivity contribution in [2.75, 3.05) is 7.11 Å². The Labute approximate surface area is 98.8 Å². The van der Waals surface area contributed by atoms with Gasteiger partial charge in [0.1, 0.15) is 5.60 Å². The molecule has 0 aliphatic heterocycles. The lowest BCUT2D eigenvalue weighted by atomic mass is 9.91. The first-order valence-corrected chi connectivity index (χ1v) is 5.75. The van der Waals surface area contributed by atoms with Gasteiger partial charge in [0.25, 0.3) is 6.47 Å². The van der Waals surface area contributed by atoms with Gasteiger partial charge in [0, 0.05) is 7.11 Å². The third-order valence-electron chi connectivity index (χ3n) is 3.37. The van der Waals surface area contributed by atoms with Crippen LogP contribution in [0.4, 0.5) is 0 Å². The molecule has 94 valence electrons. The van der Waals surface area contributed by atoms with Crippen LogP contribution in [0, 0.1) is 0 Å². The number of carbonyl (C=O) groups excluding carboxylic acids is 1. The highest BCUT2D eigenvalue weighted by Crippen LogP contribution is 2.26. The van der Waals surface area contributed by atoms with Gasteiger partial charge in [0.2, 0.25) is 0 Å². The average Bonchev–Trinajstić information content (AvgIpc) is 2.29. The molecule has 0 N–H and O–H groups in total. The molecule has 0 saturated carbocycles. The van der Waals surface area contributed by atoms with E-state index in [9.17, 15) is 4.79 Å². The Kier molecular flexibility index (Phi) is 6.34. The molecule has 0 radical (unpaired) electrons. The summed E-state index contributed by atoms with van der Waals surface area (Å²) in [5, 5.41) is 0. The normalized spacial score (nSPS) is 18.2. The van der Waals surface area contributed by atoms with E-state index in [1.165, 1.54) is 0 Å². The Bertz CT molecular complexity index is 221. The molecule has 2 atom stereocenters. The number of hydrogen-bond acceptors (Lipinski definition) is 3. The molecule has 3 nitrogen and oxygen atoms in total. The van der Waals surface area contributed by atoms with E-state index >= 15 is 0 Å². The molecule has 0 heterocycles. The summed E-state index contributed by atoms with van der Waals surface area (Å²) in [5.74, 6) is 0. The zero-order chi connectivity index (χ0) is 12.7. The van der Waals surface area contributed by atoms with Crippen molar-refractivity contribution in [3.8, 4) is 0 Å². The Balaban J connectivity index is 4.13. The van der Waals surface area contributed by atoms with E-state index in [-0.39, 0.29) is 5.60 Å². The second-order valence-corrected chi connectivity index (χ2v) is 4.59. The Morgan fingerprint density at radius 1 is 1.31 bits per heavy atom. The highest BCUT2D eigenvalue weighted by Gasteiger charge is 2.25. The summed E-state index contributed by atoms with van der Waals surface area (Å²) < 4.78 is 10.5. The van der Waals surface area contributed by atoms with Gasteiger partial charge in [-0.25, -0.2) is 0 Å². The van der Waals surface area contributed by atoms with Crippen molar-refractivity contribution in [2.45, 2.75) is 57.7 Å². The number of methoxy groups -OCH3 is 1. The minimum atomic E-state index is -0.551. The van der Waals surface area contributed by atoms with Crippen molar-refractivity contribution in [3.63, 3.8) is 0 Å². The molecule has 0 aliphatic carbocycles. The summed E-state index contributed by atoms with van der Waals surface area (Å²) in [7, 11) is 1.73. The molecule has 16 heavy (non-hydrogen) atoms. The number of hydrogen-bond donors (Lipinski definition) is 0. The van der Waals surface area contributed by atoms with Gasteiger partial charge < -0.3 is 9.47 Å². The monoisotopic (exact) mass is 228 g/mol. The summed E-state index contributed by atoms with van der Waals surface area (Å²) in [6.07, 6.45) is 5.31. The van der Waals surface area contributed by atoms with E-state index in [1.54, 1.807) is 13.2 Å². The maximum Gasteiger partial charge on any atom is 0.293 e. The van der Waals surface area contributed by atoms with Gasteiger partial charge in [-0.05, 0) is 45.6 Å². The smallest absolute Gasteiger partial charge is 0.293 e. The summed E-state index contributed by atoms with van der Waals surface area (Å²) in [6, 6.07) is 0. The molecule has 0 rings (SSSR count). The number of ether oxygens (including phenoxy) is 2. The van der Waals surface area contributed by atoms with Crippen molar-refractivity contribution < 1.29 is 14.3 Å². The quantitative estimate of drug-likeness (QED) is 0.449. The van der Waals surface area contributed by atoms with E-state index < -0.39 is 5.60 Å². The zero-order valence-corrected chi connectivity index (χ0v) is 10.9. The predicted molar refractivity (Wildman–Crippen MR) is 65.3 cm³/mol. The lowest BCUT2D eigenvalue weighted by molar-refractivity contribution is -0.138. The van der Waals surface area contributed by atoms with Crippen LogP contribution in [-0.4, -0.2) is 24.8 Å². The Hall–Kier alpha value is -0.830. The maximum absolute atomic E-state index is 10.4. The molecule has 0 aromatic heterocycles. The standard InChI is InChI=1S/C13H24O3/c1-6-12(3,15-5)9-8-10-13(4,7-2)16-11-14/h7,11H,2,6,8-10H2,1,3-5H3. The third kappa shape index (κ3) is 4.79. The lowest BCUT2D eigenvalue weighted by Gasteiger charge is -2.29. The van der Waals surface area contributed by atoms with E-state index in [1.807, 2.05) is 6.92 Å². The van der Waals surface area contributed by atoms with Crippen LogP contribution in [0.5, 0.6) is 0 Å². The Morgan fingerprint density at radius 2 is 1.94 bits per heavy atom. The fourth-order valence-corrected chi connectivity index (χ4v) is 1.56. The fraction of sp³-hybridized carbons (Fsp3) is 0.769. The summed E-state index contributed by atoms with van der Waals surface area (Å²) in [6.45, 7) is 10.2. The fourth-order valence-electron chi connectivity index (χ4n) is 1.56. The molecule has 0 amide bonds. The SMILES string of the molecule is C=CC(C)(CCCC(C)(CC)OC)OC=O. The first kappa shape index (κ1) is 15.2. The van der Waals surface area contributed by atoms with Crippen LogP contribution in [0.2, 0.25) is 0 Å². The molecule has 2 unspecified atom stereocenters. The second-order valence-electron chi connectivity index (χ2n) is 4.59. The molecule has 0 aliphatic rings. The van der Waals surface area contributed by atoms with Gasteiger partial charge in [-0.2, -0.15) is 0 Å². The molecule has 0 aromatic carbocycles. The van der Waals surface area contributed by atoms with Crippen molar-refractivity contribution >= 4 is 6.47 Å². The molecule has 0 saturated heterocycles. The average molecular weight is 228 g/mol. The minimum absolute atomic E-state index is 0.0801. The maximum atomic E-state index is 10.4. The first-order valence-electron chi connectivity index (χ1n) is 5.75. The summed E-state index contributed by atoms with van der Waals surface area (Å²) >= 11 is 0. The van der Waals surface area contributed by atoms with Gasteiger partial charge in [-0.15, -0.1) is 0 Å². The van der Waals surface area contributed by atoms with Crippen LogP contribution in [0.3, 0.4) is 0 Å². The highest BCUT2D eigenvalue weighted by atomic mass is 16.5.